The van der Waals surface area contributed by atoms with Gasteiger partial charge in [-0.05, 0) is 23.5 Å². The van der Waals surface area contributed by atoms with Crippen LogP contribution in [0.4, 0.5) is 4.79 Å². The van der Waals surface area contributed by atoms with Crippen LogP contribution >= 0.6 is 0 Å². The first-order chi connectivity index (χ1) is 16.2. The van der Waals surface area contributed by atoms with Gasteiger partial charge in [0.05, 0.1) is 6.54 Å². The van der Waals surface area contributed by atoms with Crippen molar-refractivity contribution in [2.45, 2.75) is 45.4 Å². The van der Waals surface area contributed by atoms with E-state index in [1.54, 1.807) is 0 Å². The van der Waals surface area contributed by atoms with Crippen molar-refractivity contribution < 1.29 is 23.9 Å². The van der Waals surface area contributed by atoms with Crippen LogP contribution in [0.15, 0.2) is 60.7 Å². The average molecular weight is 469 g/mol. The van der Waals surface area contributed by atoms with Gasteiger partial charge < -0.3 is 26.4 Å². The molecule has 0 aliphatic heterocycles. The largest absolute Gasteiger partial charge is 0.445 e. The minimum absolute atomic E-state index is 0.0547. The number of hydrogen-bond donors (Lipinski definition) is 4. The van der Waals surface area contributed by atoms with Crippen molar-refractivity contribution >= 4 is 23.8 Å². The predicted octanol–water partition coefficient (Wildman–Crippen LogP) is 1.66. The Balaban J connectivity index is 1.96. The van der Waals surface area contributed by atoms with Crippen LogP contribution in [0.3, 0.4) is 0 Å². The molecule has 0 radical (unpaired) electrons. The van der Waals surface area contributed by atoms with Crippen LogP contribution < -0.4 is 21.7 Å². The highest BCUT2D eigenvalue weighted by Gasteiger charge is 2.24. The molecule has 9 nitrogen and oxygen atoms in total. The van der Waals surface area contributed by atoms with Gasteiger partial charge in [-0.15, -0.1) is 0 Å². The number of nitrogens with one attached hydrogen (secondary N) is 3. The molecule has 2 rings (SSSR count). The third-order valence-electron chi connectivity index (χ3n) is 4.91. The van der Waals surface area contributed by atoms with Crippen molar-refractivity contribution in [2.24, 2.45) is 11.7 Å². The SMILES string of the molecule is CC(C)C[C@H](NC(=O)CNC(=O)[C@H](Cc1ccccc1)NC(=O)OCc1ccccc1)C(N)=O. The highest BCUT2D eigenvalue weighted by atomic mass is 16.5. The van der Waals surface area contributed by atoms with E-state index in [0.29, 0.717) is 6.42 Å². The molecular formula is C25H32N4O5. The number of carbonyl (C=O) groups is 4. The van der Waals surface area contributed by atoms with Crippen molar-refractivity contribution in [1.82, 2.24) is 16.0 Å². The minimum Gasteiger partial charge on any atom is -0.445 e. The topological polar surface area (TPSA) is 140 Å². The highest BCUT2D eigenvalue weighted by molar-refractivity contribution is 5.91. The smallest absolute Gasteiger partial charge is 0.408 e. The third-order valence-corrected chi connectivity index (χ3v) is 4.91. The number of benzene rings is 2. The normalized spacial score (nSPS) is 12.3. The molecule has 0 heterocycles. The van der Waals surface area contributed by atoms with Crippen molar-refractivity contribution in [2.75, 3.05) is 6.54 Å². The van der Waals surface area contributed by atoms with E-state index < -0.39 is 35.9 Å². The van der Waals surface area contributed by atoms with Crippen molar-refractivity contribution in [3.05, 3.63) is 71.8 Å². The molecule has 0 aliphatic carbocycles. The van der Waals surface area contributed by atoms with Gasteiger partial charge in [0.15, 0.2) is 0 Å². The molecule has 0 saturated heterocycles. The fraction of sp³-hybridized carbons (Fsp3) is 0.360. The predicted molar refractivity (Wildman–Crippen MR) is 127 cm³/mol. The lowest BCUT2D eigenvalue weighted by Crippen LogP contribution is -2.52. The summed E-state index contributed by atoms with van der Waals surface area (Å²) in [5.41, 5.74) is 6.98. The van der Waals surface area contributed by atoms with Crippen LogP contribution in [-0.2, 0) is 32.1 Å². The Morgan fingerprint density at radius 2 is 1.44 bits per heavy atom. The molecule has 0 unspecified atom stereocenters. The second-order valence-corrected chi connectivity index (χ2v) is 8.32. The summed E-state index contributed by atoms with van der Waals surface area (Å²) in [5.74, 6) is -1.61. The number of amides is 4. The fourth-order valence-corrected chi connectivity index (χ4v) is 3.22. The van der Waals surface area contributed by atoms with Crippen molar-refractivity contribution in [1.29, 1.82) is 0 Å². The zero-order valence-corrected chi connectivity index (χ0v) is 19.5. The summed E-state index contributed by atoms with van der Waals surface area (Å²) in [7, 11) is 0. The first-order valence-electron chi connectivity index (χ1n) is 11.1. The van der Waals surface area contributed by atoms with Crippen molar-refractivity contribution in [3.63, 3.8) is 0 Å². The zero-order valence-electron chi connectivity index (χ0n) is 19.5. The maximum Gasteiger partial charge on any atom is 0.408 e. The van der Waals surface area contributed by atoms with E-state index >= 15 is 0 Å². The Morgan fingerprint density at radius 3 is 2.00 bits per heavy atom. The van der Waals surface area contributed by atoms with Crippen molar-refractivity contribution in [3.8, 4) is 0 Å². The summed E-state index contributed by atoms with van der Waals surface area (Å²) in [6, 6.07) is 16.5. The Labute approximate surface area is 199 Å². The van der Waals surface area contributed by atoms with Crippen LogP contribution in [0.2, 0.25) is 0 Å². The van der Waals surface area contributed by atoms with E-state index in [9.17, 15) is 19.2 Å². The van der Waals surface area contributed by atoms with Crippen LogP contribution in [0.1, 0.15) is 31.4 Å². The Bertz CT molecular complexity index is 950. The van der Waals surface area contributed by atoms with Crippen LogP contribution in [-0.4, -0.2) is 42.4 Å². The lowest BCUT2D eigenvalue weighted by atomic mass is 10.0. The molecule has 0 fully saturated rings. The van der Waals surface area contributed by atoms with Crippen LogP contribution in [0, 0.1) is 5.92 Å². The maximum atomic E-state index is 12.8. The zero-order chi connectivity index (χ0) is 24.9. The van der Waals surface area contributed by atoms with Gasteiger partial charge in [0, 0.05) is 6.42 Å². The van der Waals surface area contributed by atoms with Gasteiger partial charge in [-0.25, -0.2) is 4.79 Å². The second kappa shape index (κ2) is 13.6. The van der Waals surface area contributed by atoms with E-state index in [4.69, 9.17) is 10.5 Å². The molecule has 0 spiro atoms. The first-order valence-corrected chi connectivity index (χ1v) is 11.1. The number of ether oxygens (including phenoxy) is 1. The number of alkyl carbamates (subject to hydrolysis) is 1. The molecule has 2 aromatic rings. The molecule has 9 heteroatoms. The monoisotopic (exact) mass is 468 g/mol. The van der Waals surface area contributed by atoms with Gasteiger partial charge in [0.2, 0.25) is 17.7 Å². The quantitative estimate of drug-likeness (QED) is 0.375. The average Bonchev–Trinajstić information content (AvgIpc) is 2.81. The summed E-state index contributed by atoms with van der Waals surface area (Å²) < 4.78 is 5.23. The lowest BCUT2D eigenvalue weighted by Gasteiger charge is -2.20. The Morgan fingerprint density at radius 1 is 0.853 bits per heavy atom. The number of nitrogens with two attached hydrogens (primary N) is 1. The Hall–Kier alpha value is -3.88. The molecule has 2 aromatic carbocycles. The first kappa shape index (κ1) is 26.4. The van der Waals surface area contributed by atoms with E-state index in [-0.39, 0.29) is 25.5 Å². The summed E-state index contributed by atoms with van der Waals surface area (Å²) >= 11 is 0. The number of primary amides is 1. The van der Waals surface area contributed by atoms with E-state index in [2.05, 4.69) is 16.0 Å². The molecule has 0 aliphatic rings. The molecule has 0 saturated carbocycles. The van der Waals surface area contributed by atoms with E-state index in [1.807, 2.05) is 74.5 Å². The summed E-state index contributed by atoms with van der Waals surface area (Å²) in [5, 5.41) is 7.60. The molecule has 5 N–H and O–H groups in total. The molecular weight excluding hydrogens is 436 g/mol. The van der Waals surface area contributed by atoms with Gasteiger partial charge in [-0.2, -0.15) is 0 Å². The molecule has 4 amide bonds. The van der Waals surface area contributed by atoms with E-state index in [1.165, 1.54) is 0 Å². The summed E-state index contributed by atoms with van der Waals surface area (Å²) in [6.07, 6.45) is -0.165. The molecule has 0 aromatic heterocycles. The second-order valence-electron chi connectivity index (χ2n) is 8.32. The van der Waals surface area contributed by atoms with Gasteiger partial charge in [-0.3, -0.25) is 14.4 Å². The number of hydrogen-bond acceptors (Lipinski definition) is 5. The Kier molecular flexibility index (Phi) is 10.6. The third kappa shape index (κ3) is 9.72. The summed E-state index contributed by atoms with van der Waals surface area (Å²) in [6.45, 7) is 3.49. The maximum absolute atomic E-state index is 12.8. The van der Waals surface area contributed by atoms with Crippen LogP contribution in [0.25, 0.3) is 0 Å². The highest BCUT2D eigenvalue weighted by Crippen LogP contribution is 2.06. The van der Waals surface area contributed by atoms with Gasteiger partial charge in [-0.1, -0.05) is 74.5 Å². The van der Waals surface area contributed by atoms with Crippen LogP contribution in [0.5, 0.6) is 0 Å². The minimum atomic E-state index is -0.971. The molecule has 2 atom stereocenters. The lowest BCUT2D eigenvalue weighted by molar-refractivity contribution is -0.129. The molecule has 34 heavy (non-hydrogen) atoms. The molecule has 0 bridgehead atoms. The summed E-state index contributed by atoms with van der Waals surface area (Å²) in [4.78, 5) is 49.0. The van der Waals surface area contributed by atoms with Gasteiger partial charge in [0.25, 0.3) is 0 Å². The number of rotatable bonds is 12. The van der Waals surface area contributed by atoms with Gasteiger partial charge in [0.1, 0.15) is 18.7 Å². The van der Waals surface area contributed by atoms with Gasteiger partial charge >= 0.3 is 6.09 Å². The fourth-order valence-electron chi connectivity index (χ4n) is 3.22. The number of carbonyl (C=O) groups excluding carboxylic acids is 4. The molecule has 182 valence electrons. The standard InChI is InChI=1S/C25H32N4O5/c1-17(2)13-20(23(26)31)28-22(30)15-27-24(32)21(14-18-9-5-3-6-10-18)29-25(33)34-16-19-11-7-4-8-12-19/h3-12,17,20-21H,13-16H2,1-2H3,(H2,26,31)(H,27,32)(H,28,30)(H,29,33)/t20-,21-/m0/s1. The van der Waals surface area contributed by atoms with E-state index in [0.717, 1.165) is 11.1 Å².